The summed E-state index contributed by atoms with van der Waals surface area (Å²) < 4.78 is 13.0. The molecule has 3 rings (SSSR count). The van der Waals surface area contributed by atoms with E-state index in [4.69, 9.17) is 0 Å². The monoisotopic (exact) mass is 326 g/mol. The second-order valence-electron chi connectivity index (χ2n) is 6.38. The number of amides is 1. The van der Waals surface area contributed by atoms with Crippen molar-refractivity contribution in [3.63, 3.8) is 0 Å². The van der Waals surface area contributed by atoms with Crippen LogP contribution < -0.4 is 5.32 Å². The van der Waals surface area contributed by atoms with Gasteiger partial charge >= 0.3 is 0 Å². The molecule has 1 fully saturated rings. The molecule has 4 heteroatoms. The fourth-order valence-corrected chi connectivity index (χ4v) is 3.37. The van der Waals surface area contributed by atoms with Crippen LogP contribution >= 0.6 is 0 Å². The van der Waals surface area contributed by atoms with Crippen LogP contribution in [0.15, 0.2) is 54.6 Å². The zero-order chi connectivity index (χ0) is 16.9. The molecule has 0 aliphatic carbocycles. The summed E-state index contributed by atoms with van der Waals surface area (Å²) in [6.07, 6.45) is 2.20. The van der Waals surface area contributed by atoms with E-state index < -0.39 is 0 Å². The first-order valence-corrected chi connectivity index (χ1v) is 8.47. The lowest BCUT2D eigenvalue weighted by Crippen LogP contribution is -2.38. The van der Waals surface area contributed by atoms with Gasteiger partial charge in [0.25, 0.3) is 0 Å². The van der Waals surface area contributed by atoms with Crippen LogP contribution in [0.3, 0.4) is 0 Å². The molecular weight excluding hydrogens is 303 g/mol. The third-order valence-electron chi connectivity index (χ3n) is 4.64. The smallest absolute Gasteiger partial charge is 0.234 e. The lowest BCUT2D eigenvalue weighted by atomic mass is 10.0. The van der Waals surface area contributed by atoms with Gasteiger partial charge in [-0.15, -0.1) is 0 Å². The zero-order valence-corrected chi connectivity index (χ0v) is 13.9. The van der Waals surface area contributed by atoms with Gasteiger partial charge < -0.3 is 5.32 Å². The third-order valence-corrected chi connectivity index (χ3v) is 4.64. The Morgan fingerprint density at radius 2 is 1.92 bits per heavy atom. The Kier molecular flexibility index (Phi) is 5.26. The van der Waals surface area contributed by atoms with Crippen molar-refractivity contribution in [3.8, 4) is 0 Å². The second-order valence-corrected chi connectivity index (χ2v) is 6.38. The van der Waals surface area contributed by atoms with E-state index in [2.05, 4.69) is 22.3 Å². The summed E-state index contributed by atoms with van der Waals surface area (Å²) >= 11 is 0. The van der Waals surface area contributed by atoms with Crippen LogP contribution in [0.25, 0.3) is 0 Å². The van der Waals surface area contributed by atoms with Crippen LogP contribution in [-0.4, -0.2) is 23.9 Å². The summed E-state index contributed by atoms with van der Waals surface area (Å²) in [5, 5.41) is 3.01. The van der Waals surface area contributed by atoms with Gasteiger partial charge in [-0.3, -0.25) is 9.69 Å². The van der Waals surface area contributed by atoms with Crippen LogP contribution in [0.1, 0.15) is 43.0 Å². The second kappa shape index (κ2) is 7.58. The molecule has 1 heterocycles. The van der Waals surface area contributed by atoms with E-state index in [1.165, 1.54) is 17.7 Å². The highest BCUT2D eigenvalue weighted by atomic mass is 19.1. The Morgan fingerprint density at radius 3 is 2.62 bits per heavy atom. The van der Waals surface area contributed by atoms with Crippen molar-refractivity contribution < 1.29 is 9.18 Å². The topological polar surface area (TPSA) is 32.3 Å². The Labute approximate surface area is 142 Å². The fourth-order valence-electron chi connectivity index (χ4n) is 3.37. The summed E-state index contributed by atoms with van der Waals surface area (Å²) in [5.74, 6) is -0.255. The molecule has 1 aliphatic heterocycles. The fraction of sp³-hybridized carbons (Fsp3) is 0.350. The van der Waals surface area contributed by atoms with Crippen molar-refractivity contribution >= 4 is 5.91 Å². The molecule has 0 bridgehead atoms. The summed E-state index contributed by atoms with van der Waals surface area (Å²) in [7, 11) is 0. The minimum Gasteiger partial charge on any atom is -0.348 e. The number of nitrogens with one attached hydrogen (secondary N) is 1. The van der Waals surface area contributed by atoms with Crippen molar-refractivity contribution in [2.24, 2.45) is 0 Å². The van der Waals surface area contributed by atoms with E-state index in [0.29, 0.717) is 12.6 Å². The molecule has 0 saturated carbocycles. The summed E-state index contributed by atoms with van der Waals surface area (Å²) in [6, 6.07) is 16.8. The summed E-state index contributed by atoms with van der Waals surface area (Å²) in [6.45, 7) is 3.26. The van der Waals surface area contributed by atoms with Crippen LogP contribution in [0.5, 0.6) is 0 Å². The first kappa shape index (κ1) is 16.7. The first-order chi connectivity index (χ1) is 11.6. The van der Waals surface area contributed by atoms with E-state index >= 15 is 0 Å². The van der Waals surface area contributed by atoms with Gasteiger partial charge in [0.1, 0.15) is 5.82 Å². The van der Waals surface area contributed by atoms with Gasteiger partial charge in [0.05, 0.1) is 12.6 Å². The SMILES string of the molecule is C[C@@H](NC(=O)CN1CCC[C@H]1c1ccccc1)c1ccc(F)cc1. The number of halogens is 1. The van der Waals surface area contributed by atoms with Gasteiger partial charge in [0.2, 0.25) is 5.91 Å². The van der Waals surface area contributed by atoms with Gasteiger partial charge in [-0.2, -0.15) is 0 Å². The van der Waals surface area contributed by atoms with E-state index in [1.54, 1.807) is 12.1 Å². The van der Waals surface area contributed by atoms with Crippen molar-refractivity contribution in [1.82, 2.24) is 10.2 Å². The molecule has 1 aliphatic rings. The van der Waals surface area contributed by atoms with Crippen LogP contribution in [0.4, 0.5) is 4.39 Å². The molecule has 2 aromatic carbocycles. The number of nitrogens with zero attached hydrogens (tertiary/aromatic N) is 1. The largest absolute Gasteiger partial charge is 0.348 e. The highest BCUT2D eigenvalue weighted by molar-refractivity contribution is 5.78. The summed E-state index contributed by atoms with van der Waals surface area (Å²) in [5.41, 5.74) is 2.18. The number of likely N-dealkylation sites (tertiary alicyclic amines) is 1. The quantitative estimate of drug-likeness (QED) is 0.905. The minimum atomic E-state index is -0.264. The predicted molar refractivity (Wildman–Crippen MR) is 92.9 cm³/mol. The highest BCUT2D eigenvalue weighted by Gasteiger charge is 2.27. The predicted octanol–water partition coefficient (Wildman–Crippen LogP) is 3.84. The van der Waals surface area contributed by atoms with E-state index in [1.807, 2.05) is 25.1 Å². The number of hydrogen-bond donors (Lipinski definition) is 1. The number of carbonyl (C=O) groups is 1. The zero-order valence-electron chi connectivity index (χ0n) is 13.9. The van der Waals surface area contributed by atoms with Crippen molar-refractivity contribution in [2.45, 2.75) is 31.8 Å². The molecule has 0 spiro atoms. The van der Waals surface area contributed by atoms with Gasteiger partial charge in [-0.1, -0.05) is 42.5 Å². The van der Waals surface area contributed by atoms with E-state index in [-0.39, 0.29) is 17.8 Å². The first-order valence-electron chi connectivity index (χ1n) is 8.47. The molecule has 0 unspecified atom stereocenters. The molecular formula is C20H23FN2O. The van der Waals surface area contributed by atoms with Gasteiger partial charge in [-0.25, -0.2) is 4.39 Å². The Hall–Kier alpha value is -2.20. The maximum Gasteiger partial charge on any atom is 0.234 e. The third kappa shape index (κ3) is 4.01. The lowest BCUT2D eigenvalue weighted by molar-refractivity contribution is -0.123. The summed E-state index contributed by atoms with van der Waals surface area (Å²) in [4.78, 5) is 14.6. The van der Waals surface area contributed by atoms with Gasteiger partial charge in [-0.05, 0) is 49.6 Å². The maximum absolute atomic E-state index is 13.0. The molecule has 0 aromatic heterocycles. The number of hydrogen-bond acceptors (Lipinski definition) is 2. The average molecular weight is 326 g/mol. The number of rotatable bonds is 5. The molecule has 1 amide bonds. The highest BCUT2D eigenvalue weighted by Crippen LogP contribution is 2.31. The molecule has 2 atom stereocenters. The van der Waals surface area contributed by atoms with Crippen molar-refractivity contribution in [2.75, 3.05) is 13.1 Å². The average Bonchev–Trinajstić information content (AvgIpc) is 3.04. The molecule has 0 radical (unpaired) electrons. The molecule has 24 heavy (non-hydrogen) atoms. The minimum absolute atomic E-state index is 0.00894. The molecule has 1 saturated heterocycles. The van der Waals surface area contributed by atoms with E-state index in [0.717, 1.165) is 24.9 Å². The normalized spacial score (nSPS) is 19.2. The number of benzene rings is 2. The number of carbonyl (C=O) groups excluding carboxylic acids is 1. The Balaban J connectivity index is 1.59. The van der Waals surface area contributed by atoms with E-state index in [9.17, 15) is 9.18 Å². The molecule has 1 N–H and O–H groups in total. The van der Waals surface area contributed by atoms with Gasteiger partial charge in [0.15, 0.2) is 0 Å². The van der Waals surface area contributed by atoms with Gasteiger partial charge in [0, 0.05) is 6.04 Å². The standard InChI is InChI=1S/C20H23FN2O/c1-15(16-9-11-18(21)12-10-16)22-20(24)14-23-13-5-8-19(23)17-6-3-2-4-7-17/h2-4,6-7,9-12,15,19H,5,8,13-14H2,1H3,(H,22,24)/t15-,19+/m1/s1. The van der Waals surface area contributed by atoms with Crippen LogP contribution in [0.2, 0.25) is 0 Å². The van der Waals surface area contributed by atoms with Crippen molar-refractivity contribution in [1.29, 1.82) is 0 Å². The molecule has 2 aromatic rings. The maximum atomic E-state index is 13.0. The molecule has 3 nitrogen and oxygen atoms in total. The van der Waals surface area contributed by atoms with Crippen molar-refractivity contribution in [3.05, 3.63) is 71.5 Å². The molecule has 126 valence electrons. The van der Waals surface area contributed by atoms with Crippen LogP contribution in [0, 0.1) is 5.82 Å². The Morgan fingerprint density at radius 1 is 1.21 bits per heavy atom. The Bertz CT molecular complexity index is 672. The lowest BCUT2D eigenvalue weighted by Gasteiger charge is -2.25. The van der Waals surface area contributed by atoms with Crippen LogP contribution in [-0.2, 0) is 4.79 Å².